The molecule has 0 nitrogen and oxygen atoms in total. The largest absolute Gasteiger partial charge is 0.205 e. The summed E-state index contributed by atoms with van der Waals surface area (Å²) in [6, 6.07) is 1.77. The minimum Gasteiger partial charge on any atom is -0.205 e. The Morgan fingerprint density at radius 1 is 1.27 bits per heavy atom. The molecule has 0 unspecified atom stereocenters. The second-order valence-corrected chi connectivity index (χ2v) is 4.08. The van der Waals surface area contributed by atoms with E-state index in [0.717, 1.165) is 10.0 Å². The SMILES string of the molecule is Cc1cc(Br)c(C)c(Br)c1F. The number of aryl methyl sites for hydroxylation is 1. The first-order valence-electron chi connectivity index (χ1n) is 3.14. The molecule has 0 aliphatic heterocycles. The van der Waals surface area contributed by atoms with E-state index in [-0.39, 0.29) is 5.82 Å². The van der Waals surface area contributed by atoms with Gasteiger partial charge in [0.2, 0.25) is 0 Å². The first kappa shape index (κ1) is 9.20. The van der Waals surface area contributed by atoms with Gasteiger partial charge in [-0.15, -0.1) is 0 Å². The molecule has 0 aliphatic rings. The second-order valence-electron chi connectivity index (χ2n) is 2.43. The predicted octanol–water partition coefficient (Wildman–Crippen LogP) is 3.97. The molecule has 1 aromatic carbocycles. The number of halogens is 3. The summed E-state index contributed by atoms with van der Waals surface area (Å²) in [6.07, 6.45) is 0. The Morgan fingerprint density at radius 2 is 1.82 bits per heavy atom. The third kappa shape index (κ3) is 1.64. The molecule has 0 spiro atoms. The van der Waals surface area contributed by atoms with Gasteiger partial charge in [-0.2, -0.15) is 0 Å². The van der Waals surface area contributed by atoms with Crippen LogP contribution in [0.25, 0.3) is 0 Å². The Bertz CT molecular complexity index is 268. The smallest absolute Gasteiger partial charge is 0.140 e. The summed E-state index contributed by atoms with van der Waals surface area (Å²) in [5, 5.41) is 0. The van der Waals surface area contributed by atoms with Crippen molar-refractivity contribution in [2.24, 2.45) is 0 Å². The quantitative estimate of drug-likeness (QED) is 0.632. The first-order valence-corrected chi connectivity index (χ1v) is 4.73. The van der Waals surface area contributed by atoms with Crippen molar-refractivity contribution in [2.75, 3.05) is 0 Å². The molecule has 0 N–H and O–H groups in total. The van der Waals surface area contributed by atoms with E-state index in [4.69, 9.17) is 0 Å². The van der Waals surface area contributed by atoms with Crippen LogP contribution in [0, 0.1) is 19.7 Å². The molecule has 0 saturated carbocycles. The molecule has 60 valence electrons. The van der Waals surface area contributed by atoms with E-state index in [9.17, 15) is 4.39 Å². The van der Waals surface area contributed by atoms with E-state index < -0.39 is 0 Å². The zero-order valence-corrected chi connectivity index (χ0v) is 9.38. The van der Waals surface area contributed by atoms with E-state index in [1.54, 1.807) is 13.0 Å². The number of rotatable bonds is 0. The molecule has 0 radical (unpaired) electrons. The lowest BCUT2D eigenvalue weighted by Crippen LogP contribution is -1.88. The molecule has 0 heterocycles. The van der Waals surface area contributed by atoms with Gasteiger partial charge in [-0.05, 0) is 47.0 Å². The maximum absolute atomic E-state index is 13.1. The zero-order chi connectivity index (χ0) is 8.59. The molecule has 0 fully saturated rings. The predicted molar refractivity (Wildman–Crippen MR) is 51.3 cm³/mol. The highest BCUT2D eigenvalue weighted by atomic mass is 79.9. The fourth-order valence-electron chi connectivity index (χ4n) is 0.804. The summed E-state index contributed by atoms with van der Waals surface area (Å²) >= 11 is 6.51. The van der Waals surface area contributed by atoms with Gasteiger partial charge < -0.3 is 0 Å². The lowest BCUT2D eigenvalue weighted by Gasteiger charge is -2.04. The Hall–Kier alpha value is 0.110. The van der Waals surface area contributed by atoms with E-state index in [2.05, 4.69) is 31.9 Å². The van der Waals surface area contributed by atoms with Crippen LogP contribution in [0.15, 0.2) is 15.0 Å². The Labute approximate surface area is 82.1 Å². The molecule has 1 aromatic rings. The maximum atomic E-state index is 13.1. The van der Waals surface area contributed by atoms with Gasteiger partial charge in [0.05, 0.1) is 4.47 Å². The summed E-state index contributed by atoms with van der Waals surface area (Å²) in [4.78, 5) is 0. The highest BCUT2D eigenvalue weighted by Gasteiger charge is 2.08. The molecule has 0 atom stereocenters. The molecule has 1 rings (SSSR count). The minimum absolute atomic E-state index is 0.175. The summed E-state index contributed by atoms with van der Waals surface area (Å²) in [5.74, 6) is -0.175. The normalized spacial score (nSPS) is 10.3. The third-order valence-corrected chi connectivity index (χ3v) is 3.34. The van der Waals surface area contributed by atoms with Gasteiger partial charge in [-0.25, -0.2) is 4.39 Å². The van der Waals surface area contributed by atoms with Crippen molar-refractivity contribution < 1.29 is 4.39 Å². The lowest BCUT2D eigenvalue weighted by molar-refractivity contribution is 0.610. The van der Waals surface area contributed by atoms with Crippen LogP contribution in [-0.2, 0) is 0 Å². The number of hydrogen-bond acceptors (Lipinski definition) is 0. The Balaban J connectivity index is 3.46. The van der Waals surface area contributed by atoms with E-state index in [1.165, 1.54) is 0 Å². The van der Waals surface area contributed by atoms with Gasteiger partial charge in [-0.3, -0.25) is 0 Å². The summed E-state index contributed by atoms with van der Waals surface area (Å²) < 4.78 is 14.6. The molecule has 11 heavy (non-hydrogen) atoms. The second kappa shape index (κ2) is 3.23. The molecule has 0 amide bonds. The van der Waals surface area contributed by atoms with Crippen molar-refractivity contribution >= 4 is 31.9 Å². The molecule has 0 saturated heterocycles. The topological polar surface area (TPSA) is 0 Å². The van der Waals surface area contributed by atoms with Crippen LogP contribution in [0.3, 0.4) is 0 Å². The van der Waals surface area contributed by atoms with Crippen LogP contribution in [0.5, 0.6) is 0 Å². The maximum Gasteiger partial charge on any atom is 0.140 e. The van der Waals surface area contributed by atoms with Gasteiger partial charge in [-0.1, -0.05) is 15.9 Å². The van der Waals surface area contributed by atoms with Crippen molar-refractivity contribution in [1.82, 2.24) is 0 Å². The van der Waals surface area contributed by atoms with Gasteiger partial charge in [0, 0.05) is 4.47 Å². The van der Waals surface area contributed by atoms with Crippen molar-refractivity contribution in [2.45, 2.75) is 13.8 Å². The number of hydrogen-bond donors (Lipinski definition) is 0. The average molecular weight is 282 g/mol. The summed E-state index contributed by atoms with van der Waals surface area (Å²) in [6.45, 7) is 3.60. The zero-order valence-electron chi connectivity index (χ0n) is 6.21. The Kier molecular flexibility index (Phi) is 2.70. The molecular weight excluding hydrogens is 275 g/mol. The van der Waals surface area contributed by atoms with Crippen LogP contribution in [0.1, 0.15) is 11.1 Å². The van der Waals surface area contributed by atoms with Crippen molar-refractivity contribution in [3.63, 3.8) is 0 Å². The van der Waals surface area contributed by atoms with Gasteiger partial charge in [0.25, 0.3) is 0 Å². The summed E-state index contributed by atoms with van der Waals surface area (Å²) in [7, 11) is 0. The van der Waals surface area contributed by atoms with Crippen LogP contribution >= 0.6 is 31.9 Å². The van der Waals surface area contributed by atoms with Crippen LogP contribution in [0.4, 0.5) is 4.39 Å². The Morgan fingerprint density at radius 3 is 2.36 bits per heavy atom. The van der Waals surface area contributed by atoms with E-state index in [0.29, 0.717) is 10.0 Å². The fraction of sp³-hybridized carbons (Fsp3) is 0.250. The van der Waals surface area contributed by atoms with Crippen molar-refractivity contribution in [3.05, 3.63) is 32.0 Å². The third-order valence-electron chi connectivity index (χ3n) is 1.57. The molecule has 0 bridgehead atoms. The highest BCUT2D eigenvalue weighted by Crippen LogP contribution is 2.29. The molecule has 0 aromatic heterocycles. The van der Waals surface area contributed by atoms with Gasteiger partial charge >= 0.3 is 0 Å². The number of benzene rings is 1. The van der Waals surface area contributed by atoms with Crippen molar-refractivity contribution in [3.8, 4) is 0 Å². The minimum atomic E-state index is -0.175. The van der Waals surface area contributed by atoms with Crippen molar-refractivity contribution in [1.29, 1.82) is 0 Å². The lowest BCUT2D eigenvalue weighted by atomic mass is 10.2. The summed E-state index contributed by atoms with van der Waals surface area (Å²) in [5.41, 5.74) is 1.54. The highest BCUT2D eigenvalue weighted by molar-refractivity contribution is 9.11. The average Bonchev–Trinajstić information content (AvgIpc) is 1.97. The molecular formula is C8H7Br2F. The van der Waals surface area contributed by atoms with Crippen LogP contribution in [-0.4, -0.2) is 0 Å². The standard InChI is InChI=1S/C8H7Br2F/c1-4-3-6(9)5(2)7(10)8(4)11/h3H,1-2H3. The van der Waals surface area contributed by atoms with Crippen LogP contribution in [0.2, 0.25) is 0 Å². The fourth-order valence-corrected chi connectivity index (χ4v) is 2.14. The van der Waals surface area contributed by atoms with Crippen LogP contribution < -0.4 is 0 Å². The first-order chi connectivity index (χ1) is 5.04. The van der Waals surface area contributed by atoms with Gasteiger partial charge in [0.15, 0.2) is 0 Å². The molecule has 3 heteroatoms. The monoisotopic (exact) mass is 280 g/mol. The van der Waals surface area contributed by atoms with Gasteiger partial charge in [0.1, 0.15) is 5.82 Å². The van der Waals surface area contributed by atoms with E-state index >= 15 is 0 Å². The molecule has 0 aliphatic carbocycles. The van der Waals surface area contributed by atoms with E-state index in [1.807, 2.05) is 6.92 Å².